The molecule has 1 saturated heterocycles. The number of fused-ring (bicyclic) bond motifs is 1. The quantitative estimate of drug-likeness (QED) is 0.783. The van der Waals surface area contributed by atoms with E-state index in [9.17, 15) is 8.42 Å². The maximum absolute atomic E-state index is 13.0. The standard InChI is InChI=1S/C18H23NO2S/c1-13-3-5-16(6-4-13)22(20,21)19-11-17-14(2)9-15-7-8-18(17,10-15)12-19/h3-6,15H,7-12H2,1-2H3/t15-,18-/m1/s1. The number of hydrogen-bond acceptors (Lipinski definition) is 2. The van der Waals surface area contributed by atoms with Gasteiger partial charge in [0.2, 0.25) is 10.0 Å². The molecule has 0 N–H and O–H groups in total. The van der Waals surface area contributed by atoms with Crippen LogP contribution in [0.4, 0.5) is 0 Å². The summed E-state index contributed by atoms with van der Waals surface area (Å²) in [5.41, 5.74) is 4.13. The van der Waals surface area contributed by atoms with Gasteiger partial charge in [-0.3, -0.25) is 0 Å². The van der Waals surface area contributed by atoms with Crippen LogP contribution in [-0.2, 0) is 10.0 Å². The smallest absolute Gasteiger partial charge is 0.207 e. The molecular weight excluding hydrogens is 294 g/mol. The van der Waals surface area contributed by atoms with Gasteiger partial charge in [-0.1, -0.05) is 23.3 Å². The summed E-state index contributed by atoms with van der Waals surface area (Å²) in [6.07, 6.45) is 4.80. The lowest BCUT2D eigenvalue weighted by atomic mass is 9.73. The Bertz CT molecular complexity index is 748. The molecule has 1 spiro atoms. The molecule has 118 valence electrons. The number of rotatable bonds is 2. The van der Waals surface area contributed by atoms with Gasteiger partial charge in [-0.15, -0.1) is 0 Å². The molecule has 1 aromatic rings. The van der Waals surface area contributed by atoms with Crippen molar-refractivity contribution in [2.24, 2.45) is 11.3 Å². The molecule has 2 fully saturated rings. The van der Waals surface area contributed by atoms with Gasteiger partial charge in [-0.25, -0.2) is 8.42 Å². The van der Waals surface area contributed by atoms with Crippen LogP contribution in [0, 0.1) is 18.3 Å². The Morgan fingerprint density at radius 1 is 1.18 bits per heavy atom. The van der Waals surface area contributed by atoms with E-state index in [1.54, 1.807) is 16.4 Å². The molecule has 1 aromatic carbocycles. The van der Waals surface area contributed by atoms with Gasteiger partial charge in [0.05, 0.1) is 4.90 Å². The van der Waals surface area contributed by atoms with Crippen molar-refractivity contribution in [2.75, 3.05) is 13.1 Å². The average molecular weight is 317 g/mol. The van der Waals surface area contributed by atoms with Crippen LogP contribution in [0.25, 0.3) is 0 Å². The minimum Gasteiger partial charge on any atom is -0.207 e. The number of benzene rings is 1. The van der Waals surface area contributed by atoms with Crippen molar-refractivity contribution in [3.05, 3.63) is 41.0 Å². The zero-order valence-electron chi connectivity index (χ0n) is 13.3. The number of aryl methyl sites for hydroxylation is 1. The van der Waals surface area contributed by atoms with Gasteiger partial charge >= 0.3 is 0 Å². The van der Waals surface area contributed by atoms with Crippen LogP contribution < -0.4 is 0 Å². The molecule has 2 atom stereocenters. The molecule has 4 heteroatoms. The summed E-state index contributed by atoms with van der Waals surface area (Å²) < 4.78 is 27.7. The summed E-state index contributed by atoms with van der Waals surface area (Å²) >= 11 is 0. The molecule has 3 nitrogen and oxygen atoms in total. The summed E-state index contributed by atoms with van der Waals surface area (Å²) in [5.74, 6) is 0.783. The van der Waals surface area contributed by atoms with E-state index in [1.807, 2.05) is 19.1 Å². The van der Waals surface area contributed by atoms with Gasteiger partial charge in [0.25, 0.3) is 0 Å². The minimum absolute atomic E-state index is 0.158. The van der Waals surface area contributed by atoms with Crippen LogP contribution in [0.1, 0.15) is 38.2 Å². The predicted octanol–water partition coefficient (Wildman–Crippen LogP) is 3.51. The summed E-state index contributed by atoms with van der Waals surface area (Å²) in [6.45, 7) is 5.48. The first-order chi connectivity index (χ1) is 10.4. The predicted molar refractivity (Wildman–Crippen MR) is 87.0 cm³/mol. The lowest BCUT2D eigenvalue weighted by molar-refractivity contribution is 0.325. The van der Waals surface area contributed by atoms with Crippen LogP contribution in [-0.4, -0.2) is 25.8 Å². The van der Waals surface area contributed by atoms with Gasteiger partial charge in [0, 0.05) is 18.5 Å². The van der Waals surface area contributed by atoms with E-state index in [1.165, 1.54) is 36.8 Å². The molecule has 4 rings (SSSR count). The molecule has 22 heavy (non-hydrogen) atoms. The van der Waals surface area contributed by atoms with E-state index in [4.69, 9.17) is 0 Å². The third-order valence-corrected chi connectivity index (χ3v) is 7.74. The highest BCUT2D eigenvalue weighted by molar-refractivity contribution is 7.89. The molecule has 1 heterocycles. The Hall–Kier alpha value is -1.13. The first-order valence-electron chi connectivity index (χ1n) is 8.17. The molecule has 2 bridgehead atoms. The van der Waals surface area contributed by atoms with Crippen molar-refractivity contribution >= 4 is 10.0 Å². The van der Waals surface area contributed by atoms with E-state index in [0.717, 1.165) is 11.5 Å². The van der Waals surface area contributed by atoms with Crippen molar-refractivity contribution in [1.82, 2.24) is 4.31 Å². The van der Waals surface area contributed by atoms with E-state index < -0.39 is 10.0 Å². The highest BCUT2D eigenvalue weighted by Gasteiger charge is 2.53. The Morgan fingerprint density at radius 3 is 2.64 bits per heavy atom. The topological polar surface area (TPSA) is 37.4 Å². The zero-order valence-corrected chi connectivity index (χ0v) is 14.1. The molecule has 0 unspecified atom stereocenters. The first kappa shape index (κ1) is 14.5. The third-order valence-electron chi connectivity index (χ3n) is 5.93. The minimum atomic E-state index is -3.37. The van der Waals surface area contributed by atoms with Crippen molar-refractivity contribution in [1.29, 1.82) is 0 Å². The van der Waals surface area contributed by atoms with Crippen LogP contribution in [0.3, 0.4) is 0 Å². The highest BCUT2D eigenvalue weighted by atomic mass is 32.2. The van der Waals surface area contributed by atoms with E-state index >= 15 is 0 Å². The second-order valence-electron chi connectivity index (χ2n) is 7.44. The Morgan fingerprint density at radius 2 is 1.91 bits per heavy atom. The van der Waals surface area contributed by atoms with Gasteiger partial charge < -0.3 is 0 Å². The summed E-state index contributed by atoms with van der Waals surface area (Å²) in [7, 11) is -3.37. The van der Waals surface area contributed by atoms with E-state index in [-0.39, 0.29) is 5.41 Å². The van der Waals surface area contributed by atoms with Crippen molar-refractivity contribution in [3.63, 3.8) is 0 Å². The fourth-order valence-corrected chi connectivity index (χ4v) is 6.33. The fraction of sp³-hybridized carbons (Fsp3) is 0.556. The monoisotopic (exact) mass is 317 g/mol. The lowest BCUT2D eigenvalue weighted by Gasteiger charge is -2.31. The molecule has 0 aromatic heterocycles. The van der Waals surface area contributed by atoms with Gasteiger partial charge in [-0.2, -0.15) is 4.31 Å². The summed E-state index contributed by atoms with van der Waals surface area (Å²) in [4.78, 5) is 0.431. The van der Waals surface area contributed by atoms with E-state index in [2.05, 4.69) is 6.92 Å². The third kappa shape index (κ3) is 2.00. The fourth-order valence-electron chi connectivity index (χ4n) is 4.84. The number of hydrogen-bond donors (Lipinski definition) is 0. The molecule has 1 saturated carbocycles. The summed E-state index contributed by atoms with van der Waals surface area (Å²) in [5, 5.41) is 0. The Kier molecular flexibility index (Phi) is 3.08. The number of nitrogens with zero attached hydrogens (tertiary/aromatic N) is 1. The molecule has 0 radical (unpaired) electrons. The number of sulfonamides is 1. The largest absolute Gasteiger partial charge is 0.243 e. The SMILES string of the molecule is CC1=C2CN(S(=O)(=O)c3ccc(C)cc3)C[C@]23CC[C@H](C1)C3. The van der Waals surface area contributed by atoms with Crippen molar-refractivity contribution in [3.8, 4) is 0 Å². The molecular formula is C18H23NO2S. The molecule has 3 aliphatic rings. The van der Waals surface area contributed by atoms with E-state index in [0.29, 0.717) is 18.0 Å². The highest BCUT2D eigenvalue weighted by Crippen LogP contribution is 2.57. The van der Waals surface area contributed by atoms with Crippen molar-refractivity contribution in [2.45, 2.75) is 44.4 Å². The molecule has 2 aliphatic carbocycles. The molecule has 1 aliphatic heterocycles. The second-order valence-corrected chi connectivity index (χ2v) is 9.38. The maximum atomic E-state index is 13.0. The second kappa shape index (κ2) is 4.68. The Balaban J connectivity index is 1.71. The zero-order chi connectivity index (χ0) is 15.5. The van der Waals surface area contributed by atoms with Crippen LogP contribution >= 0.6 is 0 Å². The van der Waals surface area contributed by atoms with Crippen molar-refractivity contribution < 1.29 is 8.42 Å². The Labute approximate surface area is 133 Å². The number of allylic oxidation sites excluding steroid dienone is 1. The van der Waals surface area contributed by atoms with Gasteiger partial charge in [0.1, 0.15) is 0 Å². The van der Waals surface area contributed by atoms with Gasteiger partial charge in [0.15, 0.2) is 0 Å². The van der Waals surface area contributed by atoms with Gasteiger partial charge in [-0.05, 0) is 63.2 Å². The molecule has 0 amide bonds. The first-order valence-corrected chi connectivity index (χ1v) is 9.61. The lowest BCUT2D eigenvalue weighted by Crippen LogP contribution is -2.31. The normalized spacial score (nSPS) is 31.6. The van der Waals surface area contributed by atoms with Crippen LogP contribution in [0.15, 0.2) is 40.3 Å². The van der Waals surface area contributed by atoms with Crippen LogP contribution in [0.2, 0.25) is 0 Å². The van der Waals surface area contributed by atoms with Crippen LogP contribution in [0.5, 0.6) is 0 Å². The average Bonchev–Trinajstić information content (AvgIpc) is 3.03. The summed E-state index contributed by atoms with van der Waals surface area (Å²) in [6, 6.07) is 7.24. The maximum Gasteiger partial charge on any atom is 0.243 e.